The van der Waals surface area contributed by atoms with E-state index in [9.17, 15) is 4.79 Å². The maximum Gasteiger partial charge on any atom is 0.290 e. The van der Waals surface area contributed by atoms with Crippen LogP contribution in [0.2, 0.25) is 0 Å². The lowest BCUT2D eigenvalue weighted by Crippen LogP contribution is -2.46. The number of para-hydroxylation sites is 1. The van der Waals surface area contributed by atoms with Crippen molar-refractivity contribution >= 4 is 16.9 Å². The second kappa shape index (κ2) is 6.53. The van der Waals surface area contributed by atoms with Gasteiger partial charge in [-0.05, 0) is 45.3 Å². The summed E-state index contributed by atoms with van der Waals surface area (Å²) in [4.78, 5) is 15.1. The lowest BCUT2D eigenvalue weighted by Gasteiger charge is -2.34. The monoisotopic (exact) mass is 300 g/mol. The van der Waals surface area contributed by atoms with Crippen molar-refractivity contribution in [2.45, 2.75) is 39.2 Å². The van der Waals surface area contributed by atoms with Gasteiger partial charge in [0.05, 0.1) is 0 Å². The van der Waals surface area contributed by atoms with Crippen LogP contribution in [0.4, 0.5) is 0 Å². The van der Waals surface area contributed by atoms with Crippen molar-refractivity contribution in [1.29, 1.82) is 0 Å². The molecule has 22 heavy (non-hydrogen) atoms. The predicted octanol–water partition coefficient (Wildman–Crippen LogP) is 3.35. The molecular weight excluding hydrogens is 276 g/mol. The van der Waals surface area contributed by atoms with E-state index >= 15 is 0 Å². The van der Waals surface area contributed by atoms with Crippen LogP contribution in [-0.4, -0.2) is 36.5 Å². The Morgan fingerprint density at radius 1 is 1.32 bits per heavy atom. The quantitative estimate of drug-likeness (QED) is 0.942. The van der Waals surface area contributed by atoms with Crippen LogP contribution in [-0.2, 0) is 0 Å². The van der Waals surface area contributed by atoms with Gasteiger partial charge in [-0.1, -0.05) is 25.1 Å². The third-order valence-corrected chi connectivity index (χ3v) is 4.51. The number of fused-ring (bicyclic) bond motifs is 1. The molecule has 1 aromatic carbocycles. The summed E-state index contributed by atoms with van der Waals surface area (Å²) < 4.78 is 5.87. The number of carbonyl (C=O) groups is 1. The van der Waals surface area contributed by atoms with Gasteiger partial charge in [-0.2, -0.15) is 0 Å². The van der Waals surface area contributed by atoms with E-state index in [1.54, 1.807) is 0 Å². The maximum atomic E-state index is 13.0. The van der Waals surface area contributed by atoms with Crippen molar-refractivity contribution in [3.05, 3.63) is 35.6 Å². The van der Waals surface area contributed by atoms with Crippen LogP contribution in [0.15, 0.2) is 28.7 Å². The zero-order valence-corrected chi connectivity index (χ0v) is 13.4. The van der Waals surface area contributed by atoms with Gasteiger partial charge in [-0.25, -0.2) is 0 Å². The molecule has 1 aromatic heterocycles. The van der Waals surface area contributed by atoms with E-state index in [-0.39, 0.29) is 5.91 Å². The van der Waals surface area contributed by atoms with Gasteiger partial charge in [-0.15, -0.1) is 0 Å². The Labute approximate surface area is 131 Å². The van der Waals surface area contributed by atoms with Gasteiger partial charge in [0, 0.05) is 23.5 Å². The number of amides is 1. The smallest absolute Gasteiger partial charge is 0.290 e. The standard InChI is InChI=1S/C18H24N2O2/c1-3-12-20(14-8-10-19-11-9-14)18(21)17-13(2)15-6-4-5-7-16(15)22-17/h4-7,14,19H,3,8-12H2,1-2H3. The van der Waals surface area contributed by atoms with Crippen molar-refractivity contribution in [2.24, 2.45) is 0 Å². The first-order valence-corrected chi connectivity index (χ1v) is 8.22. The number of benzene rings is 1. The number of carbonyl (C=O) groups excluding carboxylic acids is 1. The minimum Gasteiger partial charge on any atom is -0.451 e. The van der Waals surface area contributed by atoms with Crippen molar-refractivity contribution in [3.8, 4) is 0 Å². The summed E-state index contributed by atoms with van der Waals surface area (Å²) in [5.74, 6) is 0.552. The van der Waals surface area contributed by atoms with E-state index in [0.717, 1.165) is 55.4 Å². The molecule has 0 saturated carbocycles. The van der Waals surface area contributed by atoms with Crippen molar-refractivity contribution in [2.75, 3.05) is 19.6 Å². The number of hydrogen-bond acceptors (Lipinski definition) is 3. The van der Waals surface area contributed by atoms with E-state index in [4.69, 9.17) is 4.42 Å². The highest BCUT2D eigenvalue weighted by Gasteiger charge is 2.29. The van der Waals surface area contributed by atoms with Gasteiger partial charge >= 0.3 is 0 Å². The molecular formula is C18H24N2O2. The van der Waals surface area contributed by atoms with Crippen LogP contribution >= 0.6 is 0 Å². The Morgan fingerprint density at radius 3 is 2.73 bits per heavy atom. The predicted molar refractivity (Wildman–Crippen MR) is 88.2 cm³/mol. The van der Waals surface area contributed by atoms with Crippen molar-refractivity contribution in [1.82, 2.24) is 10.2 Å². The van der Waals surface area contributed by atoms with Gasteiger partial charge in [0.25, 0.3) is 5.91 Å². The summed E-state index contributed by atoms with van der Waals surface area (Å²) in [6.07, 6.45) is 3.00. The fourth-order valence-electron chi connectivity index (χ4n) is 3.32. The minimum atomic E-state index is 0.0439. The van der Waals surface area contributed by atoms with Gasteiger partial charge in [0.15, 0.2) is 5.76 Å². The van der Waals surface area contributed by atoms with Crippen LogP contribution in [0.25, 0.3) is 11.0 Å². The zero-order chi connectivity index (χ0) is 15.5. The SMILES string of the molecule is CCCN(C(=O)c1oc2ccccc2c1C)C1CCNCC1. The normalized spacial score (nSPS) is 16.1. The summed E-state index contributed by atoms with van der Waals surface area (Å²) in [5.41, 5.74) is 1.75. The van der Waals surface area contributed by atoms with E-state index < -0.39 is 0 Å². The number of nitrogens with zero attached hydrogens (tertiary/aromatic N) is 1. The number of piperidine rings is 1. The maximum absolute atomic E-state index is 13.0. The fourth-order valence-corrected chi connectivity index (χ4v) is 3.32. The molecule has 1 aliphatic rings. The zero-order valence-electron chi connectivity index (χ0n) is 13.4. The molecule has 4 heteroatoms. The van der Waals surface area contributed by atoms with E-state index in [0.29, 0.717) is 11.8 Å². The van der Waals surface area contributed by atoms with E-state index in [2.05, 4.69) is 12.2 Å². The number of rotatable bonds is 4. The Hall–Kier alpha value is -1.81. The summed E-state index contributed by atoms with van der Waals surface area (Å²) in [6, 6.07) is 8.18. The highest BCUT2D eigenvalue weighted by molar-refractivity contribution is 5.99. The Morgan fingerprint density at radius 2 is 2.05 bits per heavy atom. The first kappa shape index (κ1) is 15.1. The number of furan rings is 1. The van der Waals surface area contributed by atoms with Crippen LogP contribution < -0.4 is 5.32 Å². The van der Waals surface area contributed by atoms with Gasteiger partial charge < -0.3 is 14.6 Å². The highest BCUT2D eigenvalue weighted by atomic mass is 16.3. The number of aryl methyl sites for hydroxylation is 1. The van der Waals surface area contributed by atoms with Gasteiger partial charge in [0.2, 0.25) is 0 Å². The van der Waals surface area contributed by atoms with Crippen LogP contribution in [0.3, 0.4) is 0 Å². The van der Waals surface area contributed by atoms with Crippen molar-refractivity contribution in [3.63, 3.8) is 0 Å². The highest BCUT2D eigenvalue weighted by Crippen LogP contribution is 2.27. The second-order valence-electron chi connectivity index (χ2n) is 6.03. The minimum absolute atomic E-state index is 0.0439. The summed E-state index contributed by atoms with van der Waals surface area (Å²) in [7, 11) is 0. The molecule has 2 aromatic rings. The summed E-state index contributed by atoms with van der Waals surface area (Å²) in [6.45, 7) is 6.85. The number of nitrogens with one attached hydrogen (secondary N) is 1. The molecule has 1 aliphatic heterocycles. The molecule has 0 unspecified atom stereocenters. The molecule has 3 rings (SSSR count). The average Bonchev–Trinajstić information content (AvgIpc) is 2.90. The molecule has 0 spiro atoms. The first-order valence-electron chi connectivity index (χ1n) is 8.22. The third kappa shape index (κ3) is 2.75. The molecule has 1 fully saturated rings. The average molecular weight is 300 g/mol. The molecule has 0 atom stereocenters. The van der Waals surface area contributed by atoms with Crippen LogP contribution in [0.5, 0.6) is 0 Å². The first-order chi connectivity index (χ1) is 10.7. The lowest BCUT2D eigenvalue weighted by molar-refractivity contribution is 0.0611. The topological polar surface area (TPSA) is 45.5 Å². The molecule has 0 aliphatic carbocycles. The molecule has 1 saturated heterocycles. The Bertz CT molecular complexity index is 656. The van der Waals surface area contributed by atoms with Gasteiger partial charge in [-0.3, -0.25) is 4.79 Å². The molecule has 0 bridgehead atoms. The van der Waals surface area contributed by atoms with E-state index in [1.165, 1.54) is 0 Å². The summed E-state index contributed by atoms with van der Waals surface area (Å²) >= 11 is 0. The Balaban J connectivity index is 1.92. The largest absolute Gasteiger partial charge is 0.451 e. The molecule has 118 valence electrons. The van der Waals surface area contributed by atoms with E-state index in [1.807, 2.05) is 36.1 Å². The molecule has 4 nitrogen and oxygen atoms in total. The van der Waals surface area contributed by atoms with Gasteiger partial charge in [0.1, 0.15) is 5.58 Å². The van der Waals surface area contributed by atoms with Crippen LogP contribution in [0, 0.1) is 6.92 Å². The second-order valence-corrected chi connectivity index (χ2v) is 6.03. The Kier molecular flexibility index (Phi) is 4.48. The molecule has 1 N–H and O–H groups in total. The summed E-state index contributed by atoms with van der Waals surface area (Å²) in [5, 5.41) is 4.40. The molecule has 2 heterocycles. The molecule has 1 amide bonds. The molecule has 0 radical (unpaired) electrons. The third-order valence-electron chi connectivity index (χ3n) is 4.51. The van der Waals surface area contributed by atoms with Crippen LogP contribution in [0.1, 0.15) is 42.3 Å². The fraction of sp³-hybridized carbons (Fsp3) is 0.500. The lowest BCUT2D eigenvalue weighted by atomic mass is 10.0. The van der Waals surface area contributed by atoms with Crippen molar-refractivity contribution < 1.29 is 9.21 Å². The number of hydrogen-bond donors (Lipinski definition) is 1.